The molecule has 1 atom stereocenters. The van der Waals surface area contributed by atoms with Crippen molar-refractivity contribution < 1.29 is 9.59 Å². The molecular formula is C23H27ClN2O2. The quantitative estimate of drug-likeness (QED) is 0.746. The topological polar surface area (TPSA) is 49.4 Å². The fraction of sp³-hybridized carbons (Fsp3) is 0.391. The van der Waals surface area contributed by atoms with E-state index in [4.69, 9.17) is 11.6 Å². The van der Waals surface area contributed by atoms with E-state index in [1.165, 1.54) is 0 Å². The zero-order valence-electron chi connectivity index (χ0n) is 16.5. The Morgan fingerprint density at radius 2 is 1.75 bits per heavy atom. The first kappa shape index (κ1) is 20.4. The van der Waals surface area contributed by atoms with Gasteiger partial charge in [0.1, 0.15) is 0 Å². The minimum atomic E-state index is -0.299. The summed E-state index contributed by atoms with van der Waals surface area (Å²) in [7, 11) is 0. The predicted molar refractivity (Wildman–Crippen MR) is 114 cm³/mol. The lowest BCUT2D eigenvalue weighted by molar-refractivity contribution is -0.128. The molecule has 4 nitrogen and oxygen atoms in total. The van der Waals surface area contributed by atoms with Gasteiger partial charge in [-0.05, 0) is 48.1 Å². The number of halogens is 1. The molecule has 1 saturated heterocycles. The molecule has 2 amide bonds. The van der Waals surface area contributed by atoms with Gasteiger partial charge in [0.25, 0.3) is 0 Å². The van der Waals surface area contributed by atoms with Gasteiger partial charge in [0.2, 0.25) is 11.8 Å². The first-order valence-corrected chi connectivity index (χ1v) is 10.3. The molecule has 0 saturated carbocycles. The van der Waals surface area contributed by atoms with Crippen molar-refractivity contribution in [1.82, 2.24) is 4.90 Å². The molecule has 0 bridgehead atoms. The number of anilines is 1. The van der Waals surface area contributed by atoms with Crippen LogP contribution in [0.5, 0.6) is 0 Å². The Bertz CT molecular complexity index is 826. The Kier molecular flexibility index (Phi) is 6.74. The molecule has 148 valence electrons. The summed E-state index contributed by atoms with van der Waals surface area (Å²) in [6.07, 6.45) is 2.76. The van der Waals surface area contributed by atoms with Crippen molar-refractivity contribution in [2.45, 2.75) is 39.5 Å². The van der Waals surface area contributed by atoms with E-state index in [9.17, 15) is 9.59 Å². The number of carbonyl (C=O) groups is 2. The third-order valence-corrected chi connectivity index (χ3v) is 5.67. The molecule has 5 heteroatoms. The number of rotatable bonds is 7. The van der Waals surface area contributed by atoms with Crippen molar-refractivity contribution in [3.63, 3.8) is 0 Å². The average Bonchev–Trinajstić information content (AvgIpc) is 3.08. The highest BCUT2D eigenvalue weighted by molar-refractivity contribution is 6.30. The molecular weight excluding hydrogens is 372 g/mol. The Hall–Kier alpha value is -2.33. The minimum absolute atomic E-state index is 0.0496. The van der Waals surface area contributed by atoms with Crippen LogP contribution in [0.4, 0.5) is 5.69 Å². The van der Waals surface area contributed by atoms with Gasteiger partial charge in [-0.1, -0.05) is 55.8 Å². The molecule has 1 aliphatic heterocycles. The number of hydrogen-bond donors (Lipinski definition) is 1. The van der Waals surface area contributed by atoms with Gasteiger partial charge in [-0.15, -0.1) is 0 Å². The molecule has 3 rings (SSSR count). The first-order chi connectivity index (χ1) is 13.5. The molecule has 1 unspecified atom stereocenters. The van der Waals surface area contributed by atoms with Crippen molar-refractivity contribution in [1.29, 1.82) is 0 Å². The first-order valence-electron chi connectivity index (χ1n) is 9.95. The fourth-order valence-corrected chi connectivity index (χ4v) is 3.83. The van der Waals surface area contributed by atoms with Gasteiger partial charge in [0, 0.05) is 30.2 Å². The Morgan fingerprint density at radius 1 is 1.11 bits per heavy atom. The molecule has 1 N–H and O–H groups in total. The van der Waals surface area contributed by atoms with Crippen molar-refractivity contribution in [3.8, 4) is 0 Å². The number of nitrogens with zero attached hydrogens (tertiary/aromatic N) is 1. The summed E-state index contributed by atoms with van der Waals surface area (Å²) in [6, 6.07) is 13.8. The summed E-state index contributed by atoms with van der Waals surface area (Å²) in [5, 5.41) is 3.82. The Balaban J connectivity index is 1.62. The van der Waals surface area contributed by atoms with Gasteiger partial charge in [-0.3, -0.25) is 9.59 Å². The highest BCUT2D eigenvalue weighted by Gasteiger charge is 2.34. The van der Waals surface area contributed by atoms with E-state index in [0.717, 1.165) is 41.6 Å². The van der Waals surface area contributed by atoms with E-state index in [1.54, 1.807) is 4.90 Å². The SMILES string of the molecule is CCc1cccc(CC)c1NC(=O)C1CC(=O)N(CCc2ccc(Cl)cc2)C1. The van der Waals surface area contributed by atoms with Crippen LogP contribution in [0.2, 0.25) is 5.02 Å². The molecule has 2 aromatic rings. The van der Waals surface area contributed by atoms with Gasteiger partial charge < -0.3 is 10.2 Å². The van der Waals surface area contributed by atoms with Crippen LogP contribution in [0.1, 0.15) is 37.0 Å². The van der Waals surface area contributed by atoms with E-state index >= 15 is 0 Å². The van der Waals surface area contributed by atoms with Crippen LogP contribution in [-0.4, -0.2) is 29.8 Å². The van der Waals surface area contributed by atoms with Crippen molar-refractivity contribution in [2.24, 2.45) is 5.92 Å². The molecule has 1 aliphatic rings. The standard InChI is InChI=1S/C23H27ClN2O2/c1-3-17-6-5-7-18(4-2)22(17)25-23(28)19-14-21(27)26(15-19)13-12-16-8-10-20(24)11-9-16/h5-11,19H,3-4,12-15H2,1-2H3,(H,25,28). The van der Waals surface area contributed by atoms with Crippen LogP contribution in [-0.2, 0) is 28.9 Å². The lowest BCUT2D eigenvalue weighted by Crippen LogP contribution is -2.30. The van der Waals surface area contributed by atoms with Gasteiger partial charge in [-0.25, -0.2) is 0 Å². The highest BCUT2D eigenvalue weighted by atomic mass is 35.5. The highest BCUT2D eigenvalue weighted by Crippen LogP contribution is 2.26. The zero-order valence-corrected chi connectivity index (χ0v) is 17.3. The number of nitrogens with one attached hydrogen (secondary N) is 1. The number of para-hydroxylation sites is 1. The zero-order chi connectivity index (χ0) is 20.1. The predicted octanol–water partition coefficient (Wildman–Crippen LogP) is 4.49. The fourth-order valence-electron chi connectivity index (χ4n) is 3.71. The Morgan fingerprint density at radius 3 is 2.36 bits per heavy atom. The molecule has 28 heavy (non-hydrogen) atoms. The molecule has 1 fully saturated rings. The van der Waals surface area contributed by atoms with E-state index in [-0.39, 0.29) is 24.2 Å². The largest absolute Gasteiger partial charge is 0.342 e. The van der Waals surface area contributed by atoms with Crippen LogP contribution < -0.4 is 5.32 Å². The second-order valence-electron chi connectivity index (χ2n) is 7.26. The second kappa shape index (κ2) is 9.24. The normalized spacial score (nSPS) is 16.5. The van der Waals surface area contributed by atoms with Gasteiger partial charge in [-0.2, -0.15) is 0 Å². The van der Waals surface area contributed by atoms with Crippen LogP contribution in [0, 0.1) is 5.92 Å². The number of benzene rings is 2. The van der Waals surface area contributed by atoms with Crippen molar-refractivity contribution >= 4 is 29.1 Å². The van der Waals surface area contributed by atoms with E-state index in [1.807, 2.05) is 42.5 Å². The molecule has 1 heterocycles. The van der Waals surface area contributed by atoms with Crippen LogP contribution in [0.15, 0.2) is 42.5 Å². The van der Waals surface area contributed by atoms with E-state index < -0.39 is 0 Å². The lowest BCUT2D eigenvalue weighted by atomic mass is 10.0. The van der Waals surface area contributed by atoms with Gasteiger partial charge >= 0.3 is 0 Å². The maximum absolute atomic E-state index is 12.8. The number of aryl methyl sites for hydroxylation is 2. The monoisotopic (exact) mass is 398 g/mol. The van der Waals surface area contributed by atoms with Crippen LogP contribution in [0.25, 0.3) is 0 Å². The molecule has 0 aromatic heterocycles. The molecule has 0 radical (unpaired) electrons. The maximum atomic E-state index is 12.8. The number of amides is 2. The summed E-state index contributed by atoms with van der Waals surface area (Å²) >= 11 is 5.92. The minimum Gasteiger partial charge on any atom is -0.342 e. The number of hydrogen-bond acceptors (Lipinski definition) is 2. The molecule has 0 spiro atoms. The summed E-state index contributed by atoms with van der Waals surface area (Å²) in [6.45, 7) is 5.27. The summed E-state index contributed by atoms with van der Waals surface area (Å²) in [5.74, 6) is -0.307. The third kappa shape index (κ3) is 4.74. The smallest absolute Gasteiger partial charge is 0.229 e. The average molecular weight is 399 g/mol. The summed E-state index contributed by atoms with van der Waals surface area (Å²) < 4.78 is 0. The summed E-state index contributed by atoms with van der Waals surface area (Å²) in [5.41, 5.74) is 4.33. The van der Waals surface area contributed by atoms with Crippen LogP contribution in [0.3, 0.4) is 0 Å². The van der Waals surface area contributed by atoms with E-state index in [2.05, 4.69) is 19.2 Å². The second-order valence-corrected chi connectivity index (χ2v) is 7.70. The maximum Gasteiger partial charge on any atom is 0.229 e. The molecule has 0 aliphatic carbocycles. The van der Waals surface area contributed by atoms with E-state index in [0.29, 0.717) is 18.1 Å². The van der Waals surface area contributed by atoms with Crippen molar-refractivity contribution in [3.05, 3.63) is 64.2 Å². The van der Waals surface area contributed by atoms with Gasteiger partial charge in [0.05, 0.1) is 5.92 Å². The number of likely N-dealkylation sites (tertiary alicyclic amines) is 1. The Labute approximate surface area is 171 Å². The number of carbonyl (C=O) groups excluding carboxylic acids is 2. The van der Waals surface area contributed by atoms with Gasteiger partial charge in [0.15, 0.2) is 0 Å². The summed E-state index contributed by atoms with van der Waals surface area (Å²) in [4.78, 5) is 27.0. The lowest BCUT2D eigenvalue weighted by Gasteiger charge is -2.18. The molecule has 2 aromatic carbocycles. The van der Waals surface area contributed by atoms with Crippen molar-refractivity contribution in [2.75, 3.05) is 18.4 Å². The van der Waals surface area contributed by atoms with Crippen LogP contribution >= 0.6 is 11.6 Å². The third-order valence-electron chi connectivity index (χ3n) is 5.42.